The van der Waals surface area contributed by atoms with Crippen molar-refractivity contribution < 1.29 is 13.0 Å². The lowest BCUT2D eigenvalue weighted by molar-refractivity contribution is 0.407. The molecular formula is C7H19N2O3PS. The van der Waals surface area contributed by atoms with Gasteiger partial charge in [-0.25, -0.2) is 17.8 Å². The van der Waals surface area contributed by atoms with E-state index in [1.54, 1.807) is 13.8 Å². The van der Waals surface area contributed by atoms with Gasteiger partial charge in [0, 0.05) is 19.3 Å². The zero-order valence-electron chi connectivity index (χ0n) is 9.39. The monoisotopic (exact) mass is 242 g/mol. The molecule has 0 saturated carbocycles. The van der Waals surface area contributed by atoms with Crippen LogP contribution in [-0.2, 0) is 14.0 Å². The summed E-state index contributed by atoms with van der Waals surface area (Å²) < 4.78 is 38.2. The summed E-state index contributed by atoms with van der Waals surface area (Å²) in [6, 6.07) is 0. The van der Waals surface area contributed by atoms with Gasteiger partial charge in [-0.2, -0.15) is 0 Å². The van der Waals surface area contributed by atoms with Crippen LogP contribution in [0, 0.1) is 0 Å². The van der Waals surface area contributed by atoms with Gasteiger partial charge in [0.25, 0.3) is 0 Å². The molecule has 0 amide bonds. The van der Waals surface area contributed by atoms with Crippen molar-refractivity contribution in [3.8, 4) is 0 Å². The second-order valence-corrected chi connectivity index (χ2v) is 10.4. The summed E-state index contributed by atoms with van der Waals surface area (Å²) in [5, 5.41) is 0. The van der Waals surface area contributed by atoms with Crippen LogP contribution in [0.2, 0.25) is 0 Å². The zero-order valence-corrected chi connectivity index (χ0v) is 11.1. The Kier molecular flexibility index (Phi) is 4.78. The molecule has 0 N–H and O–H groups in total. The smallest absolute Gasteiger partial charge is 0.271 e. The lowest BCUT2D eigenvalue weighted by atomic mass is 10.7. The van der Waals surface area contributed by atoms with Crippen molar-refractivity contribution in [3.63, 3.8) is 0 Å². The Balaban J connectivity index is 5.44. The molecule has 0 aliphatic heterocycles. The molecule has 0 heterocycles. The molecule has 0 aliphatic carbocycles. The summed E-state index contributed by atoms with van der Waals surface area (Å²) in [4.78, 5) is 0. The fourth-order valence-corrected chi connectivity index (χ4v) is 7.31. The van der Waals surface area contributed by atoms with Gasteiger partial charge in [-0.15, -0.1) is 0 Å². The molecule has 7 heteroatoms. The molecule has 0 aromatic rings. The van der Waals surface area contributed by atoms with Gasteiger partial charge in [-0.1, -0.05) is 13.8 Å². The lowest BCUT2D eigenvalue weighted by Gasteiger charge is -2.32. The maximum atomic E-state index is 12.4. The van der Waals surface area contributed by atoms with Crippen molar-refractivity contribution in [2.75, 3.05) is 33.4 Å². The van der Waals surface area contributed by atoms with Gasteiger partial charge >= 0.3 is 6.65 Å². The van der Waals surface area contributed by atoms with Crippen LogP contribution in [0.3, 0.4) is 0 Å². The van der Waals surface area contributed by atoms with Gasteiger partial charge in [0.2, 0.25) is 9.46 Å². The Bertz CT molecular complexity index is 322. The summed E-state index contributed by atoms with van der Waals surface area (Å²) in [6.07, 6.45) is 1.02. The first-order valence-corrected chi connectivity index (χ1v) is 8.56. The van der Waals surface area contributed by atoms with E-state index in [0.29, 0.717) is 13.1 Å². The second kappa shape index (κ2) is 4.75. The second-order valence-electron chi connectivity index (χ2n) is 3.21. The van der Waals surface area contributed by atoms with Crippen LogP contribution >= 0.6 is 6.65 Å². The van der Waals surface area contributed by atoms with Crippen LogP contribution in [0.4, 0.5) is 0 Å². The molecule has 0 saturated heterocycles. The fourth-order valence-electron chi connectivity index (χ4n) is 1.34. The van der Waals surface area contributed by atoms with E-state index in [1.165, 1.54) is 23.4 Å². The average Bonchev–Trinajstić information content (AvgIpc) is 2.03. The quantitative estimate of drug-likeness (QED) is 0.674. The predicted molar refractivity (Wildman–Crippen MR) is 59.1 cm³/mol. The van der Waals surface area contributed by atoms with Gasteiger partial charge in [0.05, 0.1) is 0 Å². The summed E-state index contributed by atoms with van der Waals surface area (Å²) in [7, 11) is -0.524. The molecule has 14 heavy (non-hydrogen) atoms. The van der Waals surface area contributed by atoms with Crippen molar-refractivity contribution in [1.29, 1.82) is 0 Å². The standard InChI is InChI=1S/C7H19N2O3PS/c1-6-9(7-2)13(10,8(3)4)14(5,11)12/h6-7H2,1-5H3. The highest BCUT2D eigenvalue weighted by molar-refractivity contribution is 8.50. The first kappa shape index (κ1) is 14.1. The molecule has 0 bridgehead atoms. The largest absolute Gasteiger partial charge is 0.326 e. The topological polar surface area (TPSA) is 57.7 Å². The van der Waals surface area contributed by atoms with Crippen LogP contribution in [0.15, 0.2) is 0 Å². The minimum absolute atomic E-state index is 0.457. The Hall–Kier alpha value is 0.100. The minimum Gasteiger partial charge on any atom is -0.271 e. The van der Waals surface area contributed by atoms with Gasteiger partial charge in [-0.05, 0) is 14.1 Å². The highest BCUT2D eigenvalue weighted by Gasteiger charge is 2.41. The van der Waals surface area contributed by atoms with Crippen LogP contribution in [0.5, 0.6) is 0 Å². The first-order valence-electron chi connectivity index (χ1n) is 4.45. The van der Waals surface area contributed by atoms with E-state index in [-0.39, 0.29) is 0 Å². The summed E-state index contributed by atoms with van der Waals surface area (Å²) >= 11 is 0. The molecule has 0 radical (unpaired) electrons. The van der Waals surface area contributed by atoms with E-state index >= 15 is 0 Å². The van der Waals surface area contributed by atoms with Crippen molar-refractivity contribution in [2.24, 2.45) is 0 Å². The predicted octanol–water partition coefficient (Wildman–Crippen LogP) is 1.04. The minimum atomic E-state index is -3.58. The number of rotatable bonds is 5. The highest BCUT2D eigenvalue weighted by Crippen LogP contribution is 2.56. The van der Waals surface area contributed by atoms with Crippen molar-refractivity contribution in [1.82, 2.24) is 9.34 Å². The van der Waals surface area contributed by atoms with E-state index in [0.717, 1.165) is 6.26 Å². The molecule has 86 valence electrons. The van der Waals surface area contributed by atoms with Crippen molar-refractivity contribution in [3.05, 3.63) is 0 Å². The Morgan fingerprint density at radius 2 is 1.50 bits per heavy atom. The first-order chi connectivity index (χ1) is 6.21. The third-order valence-corrected chi connectivity index (χ3v) is 9.45. The van der Waals surface area contributed by atoms with Gasteiger partial charge in [0.15, 0.2) is 0 Å². The molecule has 0 aromatic heterocycles. The van der Waals surface area contributed by atoms with Crippen molar-refractivity contribution in [2.45, 2.75) is 13.8 Å². The van der Waals surface area contributed by atoms with Crippen molar-refractivity contribution >= 4 is 16.1 Å². The maximum Gasteiger partial charge on any atom is 0.326 e. The van der Waals surface area contributed by atoms with Gasteiger partial charge in [-0.3, -0.25) is 4.57 Å². The Morgan fingerprint density at radius 3 is 1.57 bits per heavy atom. The molecular weight excluding hydrogens is 223 g/mol. The third kappa shape index (κ3) is 2.37. The van der Waals surface area contributed by atoms with E-state index in [9.17, 15) is 13.0 Å². The number of hydrogen-bond acceptors (Lipinski definition) is 3. The molecule has 0 fully saturated rings. The summed E-state index contributed by atoms with van der Waals surface area (Å²) in [5.41, 5.74) is 0. The van der Waals surface area contributed by atoms with Crippen LogP contribution < -0.4 is 0 Å². The number of hydrogen-bond donors (Lipinski definition) is 0. The van der Waals surface area contributed by atoms with E-state index < -0.39 is 16.1 Å². The van der Waals surface area contributed by atoms with E-state index in [4.69, 9.17) is 0 Å². The molecule has 0 spiro atoms. The highest BCUT2D eigenvalue weighted by atomic mass is 32.8. The summed E-state index contributed by atoms with van der Waals surface area (Å²) in [6.45, 7) is 1.06. The van der Waals surface area contributed by atoms with Crippen LogP contribution in [-0.4, -0.2) is 51.2 Å². The van der Waals surface area contributed by atoms with Crippen LogP contribution in [0.25, 0.3) is 0 Å². The Morgan fingerprint density at radius 1 is 1.14 bits per heavy atom. The molecule has 1 unspecified atom stereocenters. The van der Waals surface area contributed by atoms with Gasteiger partial charge < -0.3 is 0 Å². The fraction of sp³-hybridized carbons (Fsp3) is 1.00. The van der Waals surface area contributed by atoms with Gasteiger partial charge in [0.1, 0.15) is 0 Å². The maximum absolute atomic E-state index is 12.4. The SMILES string of the molecule is CCN(CC)P(=O)(N(C)C)S(C)(=O)=O. The third-order valence-electron chi connectivity index (χ3n) is 2.02. The zero-order chi connectivity index (χ0) is 11.6. The lowest BCUT2D eigenvalue weighted by Crippen LogP contribution is -2.31. The molecule has 0 rings (SSSR count). The molecule has 0 aliphatic rings. The molecule has 0 aromatic carbocycles. The normalized spacial score (nSPS) is 17.4. The molecule has 5 nitrogen and oxygen atoms in total. The average molecular weight is 242 g/mol. The number of nitrogens with zero attached hydrogens (tertiary/aromatic N) is 2. The van der Waals surface area contributed by atoms with E-state index in [2.05, 4.69) is 0 Å². The van der Waals surface area contributed by atoms with Crippen LogP contribution in [0.1, 0.15) is 13.8 Å². The molecule has 1 atom stereocenters. The Labute approximate surface area is 86.2 Å². The van der Waals surface area contributed by atoms with E-state index in [1.807, 2.05) is 0 Å². The summed E-state index contributed by atoms with van der Waals surface area (Å²) in [5.74, 6) is 0.